The SMILES string of the molecule is CC1(C)C=C2c3cc4ccccc4cc3-c3ccc4cccc1c4c32. The average molecular weight is 318 g/mol. The largest absolute Gasteiger partial charge is 0.0659 e. The topological polar surface area (TPSA) is 0 Å². The summed E-state index contributed by atoms with van der Waals surface area (Å²) in [4.78, 5) is 0. The fourth-order valence-corrected chi connectivity index (χ4v) is 4.83. The predicted octanol–water partition coefficient (Wildman–Crippen LogP) is 6.70. The van der Waals surface area contributed by atoms with Gasteiger partial charge < -0.3 is 0 Å². The van der Waals surface area contributed by atoms with Crippen molar-refractivity contribution in [2.75, 3.05) is 0 Å². The van der Waals surface area contributed by atoms with Crippen LogP contribution in [0.4, 0.5) is 0 Å². The fraction of sp³-hybridized carbons (Fsp3) is 0.120. The quantitative estimate of drug-likeness (QED) is 0.298. The van der Waals surface area contributed by atoms with Gasteiger partial charge in [0.05, 0.1) is 0 Å². The Bertz CT molecular complexity index is 1250. The first kappa shape index (κ1) is 13.4. The van der Waals surface area contributed by atoms with Crippen LogP contribution in [0.1, 0.15) is 30.5 Å². The van der Waals surface area contributed by atoms with Gasteiger partial charge in [0.25, 0.3) is 0 Å². The molecule has 0 aliphatic heterocycles. The fourth-order valence-electron chi connectivity index (χ4n) is 4.83. The van der Waals surface area contributed by atoms with Crippen molar-refractivity contribution in [2.45, 2.75) is 19.3 Å². The summed E-state index contributed by atoms with van der Waals surface area (Å²) in [6, 6.07) is 24.8. The molecule has 0 nitrogen and oxygen atoms in total. The zero-order valence-electron chi connectivity index (χ0n) is 14.4. The van der Waals surface area contributed by atoms with E-state index in [1.807, 2.05) is 0 Å². The molecule has 25 heavy (non-hydrogen) atoms. The molecule has 0 saturated carbocycles. The highest BCUT2D eigenvalue weighted by atomic mass is 14.4. The van der Waals surface area contributed by atoms with E-state index < -0.39 is 0 Å². The summed E-state index contributed by atoms with van der Waals surface area (Å²) in [5, 5.41) is 5.44. The molecule has 0 aromatic heterocycles. The second kappa shape index (κ2) is 4.21. The third-order valence-electron chi connectivity index (χ3n) is 5.98. The number of hydrogen-bond acceptors (Lipinski definition) is 0. The van der Waals surface area contributed by atoms with E-state index in [1.165, 1.54) is 54.9 Å². The molecule has 0 radical (unpaired) electrons. The smallest absolute Gasteiger partial charge is 0.00910 e. The van der Waals surface area contributed by atoms with Gasteiger partial charge in [0.1, 0.15) is 0 Å². The van der Waals surface area contributed by atoms with Crippen LogP contribution in [0.5, 0.6) is 0 Å². The predicted molar refractivity (Wildman–Crippen MR) is 107 cm³/mol. The lowest BCUT2D eigenvalue weighted by molar-refractivity contribution is 0.675. The Labute approximate surface area is 147 Å². The Balaban J connectivity index is 1.84. The summed E-state index contributed by atoms with van der Waals surface area (Å²) in [5.41, 5.74) is 8.53. The molecular weight excluding hydrogens is 300 g/mol. The van der Waals surface area contributed by atoms with Gasteiger partial charge >= 0.3 is 0 Å². The first-order valence-electron chi connectivity index (χ1n) is 8.96. The molecular formula is C25H18. The van der Waals surface area contributed by atoms with Crippen LogP contribution in [-0.4, -0.2) is 0 Å². The standard InChI is InChI=1S/C25H18/c1-25(2)14-21-20-13-17-7-4-3-6-16(17)12-19(20)18-11-10-15-8-5-9-22(25)23(15)24(18)21/h3-14H,1-2H3. The molecule has 0 bridgehead atoms. The molecule has 2 aliphatic rings. The van der Waals surface area contributed by atoms with Crippen LogP contribution in [0.15, 0.2) is 72.8 Å². The van der Waals surface area contributed by atoms with Crippen LogP contribution in [-0.2, 0) is 5.41 Å². The minimum Gasteiger partial charge on any atom is -0.0659 e. The zero-order valence-corrected chi connectivity index (χ0v) is 14.4. The number of allylic oxidation sites excluding steroid dienone is 1. The molecule has 0 amide bonds. The van der Waals surface area contributed by atoms with Gasteiger partial charge in [-0.1, -0.05) is 74.5 Å². The Morgan fingerprint density at radius 2 is 1.36 bits per heavy atom. The monoisotopic (exact) mass is 318 g/mol. The van der Waals surface area contributed by atoms with Crippen molar-refractivity contribution in [1.29, 1.82) is 0 Å². The van der Waals surface area contributed by atoms with Crippen LogP contribution in [0.2, 0.25) is 0 Å². The maximum atomic E-state index is 2.48. The third-order valence-corrected chi connectivity index (χ3v) is 5.98. The van der Waals surface area contributed by atoms with Crippen LogP contribution in [0.25, 0.3) is 38.2 Å². The molecule has 6 rings (SSSR count). The van der Waals surface area contributed by atoms with E-state index in [0.29, 0.717) is 0 Å². The molecule has 0 heterocycles. The van der Waals surface area contributed by atoms with Crippen LogP contribution >= 0.6 is 0 Å². The summed E-state index contributed by atoms with van der Waals surface area (Å²) in [7, 11) is 0. The average Bonchev–Trinajstić information content (AvgIpc) is 2.92. The molecule has 4 aromatic carbocycles. The van der Waals surface area contributed by atoms with E-state index in [1.54, 1.807) is 0 Å². The van der Waals surface area contributed by atoms with E-state index >= 15 is 0 Å². The zero-order chi connectivity index (χ0) is 16.8. The third kappa shape index (κ3) is 1.57. The molecule has 118 valence electrons. The van der Waals surface area contributed by atoms with E-state index in [9.17, 15) is 0 Å². The number of hydrogen-bond donors (Lipinski definition) is 0. The molecule has 0 atom stereocenters. The van der Waals surface area contributed by atoms with Gasteiger partial charge in [0.2, 0.25) is 0 Å². The van der Waals surface area contributed by atoms with E-state index in [2.05, 4.69) is 86.7 Å². The van der Waals surface area contributed by atoms with Gasteiger partial charge in [-0.25, -0.2) is 0 Å². The highest BCUT2D eigenvalue weighted by Gasteiger charge is 2.34. The lowest BCUT2D eigenvalue weighted by Crippen LogP contribution is -2.18. The minimum absolute atomic E-state index is 0.0493. The van der Waals surface area contributed by atoms with Crippen molar-refractivity contribution in [1.82, 2.24) is 0 Å². The first-order valence-corrected chi connectivity index (χ1v) is 8.96. The van der Waals surface area contributed by atoms with Crippen LogP contribution in [0.3, 0.4) is 0 Å². The van der Waals surface area contributed by atoms with Gasteiger partial charge in [0.15, 0.2) is 0 Å². The van der Waals surface area contributed by atoms with Gasteiger partial charge in [-0.15, -0.1) is 0 Å². The summed E-state index contributed by atoms with van der Waals surface area (Å²) < 4.78 is 0. The van der Waals surface area contributed by atoms with Gasteiger partial charge in [-0.3, -0.25) is 0 Å². The molecule has 0 saturated heterocycles. The molecule has 0 spiro atoms. The normalized spacial score (nSPS) is 16.2. The molecule has 2 aliphatic carbocycles. The summed E-state index contributed by atoms with van der Waals surface area (Å²) >= 11 is 0. The maximum absolute atomic E-state index is 2.48. The second-order valence-corrected chi connectivity index (χ2v) is 7.92. The Morgan fingerprint density at radius 1 is 0.640 bits per heavy atom. The molecule has 0 unspecified atom stereocenters. The van der Waals surface area contributed by atoms with Gasteiger partial charge in [-0.05, 0) is 67.1 Å². The van der Waals surface area contributed by atoms with Gasteiger partial charge in [-0.2, -0.15) is 0 Å². The number of rotatable bonds is 0. The Morgan fingerprint density at radius 3 is 2.16 bits per heavy atom. The second-order valence-electron chi connectivity index (χ2n) is 7.92. The van der Waals surface area contributed by atoms with Crippen molar-refractivity contribution < 1.29 is 0 Å². The lowest BCUT2D eigenvalue weighted by atomic mass is 9.74. The maximum Gasteiger partial charge on any atom is 0.00910 e. The van der Waals surface area contributed by atoms with E-state index in [-0.39, 0.29) is 5.41 Å². The Kier molecular flexibility index (Phi) is 2.26. The van der Waals surface area contributed by atoms with Crippen LogP contribution < -0.4 is 0 Å². The van der Waals surface area contributed by atoms with E-state index in [0.717, 1.165) is 0 Å². The van der Waals surface area contributed by atoms with Gasteiger partial charge in [0, 0.05) is 5.41 Å². The molecule has 0 N–H and O–H groups in total. The highest BCUT2D eigenvalue weighted by Crippen LogP contribution is 2.54. The number of fused-ring (bicyclic) bond motifs is 4. The lowest BCUT2D eigenvalue weighted by Gasteiger charge is -2.30. The van der Waals surface area contributed by atoms with Crippen molar-refractivity contribution >= 4 is 27.1 Å². The molecule has 0 fully saturated rings. The first-order chi connectivity index (χ1) is 12.1. The van der Waals surface area contributed by atoms with Crippen molar-refractivity contribution in [3.63, 3.8) is 0 Å². The minimum atomic E-state index is 0.0493. The Hall–Kier alpha value is -2.86. The summed E-state index contributed by atoms with van der Waals surface area (Å²) in [5.74, 6) is 0. The van der Waals surface area contributed by atoms with Crippen LogP contribution in [0, 0.1) is 0 Å². The molecule has 4 aromatic rings. The van der Waals surface area contributed by atoms with E-state index in [4.69, 9.17) is 0 Å². The van der Waals surface area contributed by atoms with Crippen molar-refractivity contribution in [3.8, 4) is 11.1 Å². The van der Waals surface area contributed by atoms with Crippen molar-refractivity contribution in [3.05, 3.63) is 89.5 Å². The summed E-state index contributed by atoms with van der Waals surface area (Å²) in [6.45, 7) is 4.67. The summed E-state index contributed by atoms with van der Waals surface area (Å²) in [6.07, 6.45) is 2.48. The highest BCUT2D eigenvalue weighted by molar-refractivity contribution is 6.15. The number of benzene rings is 4. The molecule has 0 heteroatoms. The van der Waals surface area contributed by atoms with Crippen molar-refractivity contribution in [2.24, 2.45) is 0 Å².